The van der Waals surface area contributed by atoms with Crippen LogP contribution in [-0.2, 0) is 0 Å². The van der Waals surface area contributed by atoms with E-state index in [1.54, 1.807) is 12.3 Å². The molecular formula is C26H18FN5O. The summed E-state index contributed by atoms with van der Waals surface area (Å²) in [5.74, 6) is -0.192. The summed E-state index contributed by atoms with van der Waals surface area (Å²) in [6.07, 6.45) is 1.66. The molecule has 33 heavy (non-hydrogen) atoms. The van der Waals surface area contributed by atoms with Crippen molar-refractivity contribution >= 4 is 38.7 Å². The van der Waals surface area contributed by atoms with Crippen LogP contribution in [0.25, 0.3) is 49.9 Å². The van der Waals surface area contributed by atoms with E-state index in [9.17, 15) is 9.18 Å². The van der Waals surface area contributed by atoms with Crippen molar-refractivity contribution in [2.24, 2.45) is 5.73 Å². The number of hydrogen-bond donors (Lipinski definition) is 2. The van der Waals surface area contributed by atoms with Crippen molar-refractivity contribution in [3.05, 3.63) is 90.0 Å². The van der Waals surface area contributed by atoms with Crippen molar-refractivity contribution < 1.29 is 9.18 Å². The maximum Gasteiger partial charge on any atom is 0.267 e. The minimum Gasteiger partial charge on any atom is -0.364 e. The molecule has 0 aliphatic heterocycles. The summed E-state index contributed by atoms with van der Waals surface area (Å²) >= 11 is 0. The zero-order chi connectivity index (χ0) is 22.7. The Balaban J connectivity index is 1.67. The molecule has 3 heterocycles. The first kappa shape index (κ1) is 19.2. The van der Waals surface area contributed by atoms with Crippen LogP contribution in [-0.4, -0.2) is 25.4 Å². The van der Waals surface area contributed by atoms with Crippen LogP contribution in [0.1, 0.15) is 16.1 Å². The van der Waals surface area contributed by atoms with Crippen LogP contribution >= 0.6 is 0 Å². The number of pyridine rings is 1. The smallest absolute Gasteiger partial charge is 0.267 e. The van der Waals surface area contributed by atoms with Gasteiger partial charge in [0.25, 0.3) is 5.91 Å². The number of fused-ring (bicyclic) bond motifs is 4. The first-order valence-electron chi connectivity index (χ1n) is 10.5. The third-order valence-electron chi connectivity index (χ3n) is 5.95. The lowest BCUT2D eigenvalue weighted by Gasteiger charge is -2.10. The van der Waals surface area contributed by atoms with E-state index in [4.69, 9.17) is 10.7 Å². The van der Waals surface area contributed by atoms with Crippen LogP contribution in [0.4, 0.5) is 4.39 Å². The molecule has 6 nitrogen and oxygen atoms in total. The number of nitrogens with zero attached hydrogens (tertiary/aromatic N) is 3. The molecule has 0 radical (unpaired) electrons. The normalized spacial score (nSPS) is 11.6. The molecule has 3 N–H and O–H groups in total. The Bertz CT molecular complexity index is 1730. The molecule has 0 unspecified atom stereocenters. The molecule has 0 aliphatic carbocycles. The number of rotatable bonds is 3. The maximum atomic E-state index is 13.7. The third kappa shape index (κ3) is 2.90. The van der Waals surface area contributed by atoms with E-state index in [1.165, 1.54) is 12.1 Å². The Hall–Kier alpha value is -4.52. The van der Waals surface area contributed by atoms with E-state index in [2.05, 4.69) is 20.6 Å². The molecule has 3 aromatic carbocycles. The Labute approximate surface area is 187 Å². The van der Waals surface area contributed by atoms with Crippen LogP contribution in [0.5, 0.6) is 0 Å². The molecule has 0 fully saturated rings. The van der Waals surface area contributed by atoms with Gasteiger partial charge < -0.3 is 15.3 Å². The second-order valence-corrected chi connectivity index (χ2v) is 8.02. The van der Waals surface area contributed by atoms with Crippen LogP contribution < -0.4 is 5.73 Å². The number of H-pyrrole nitrogens is 1. The maximum absolute atomic E-state index is 13.7. The standard InChI is InChI=1S/C26H18FN5O/c1-14-11-16(13-29-24(14)25(28)33)32-21-7-3-2-5-17(21)23-18(6-4-8-22(23)32)26-30-19-10-9-15(27)12-20(19)31-26/h2-13H,1H3,(H2,28,33)(H,30,31). The van der Waals surface area contributed by atoms with E-state index in [0.717, 1.165) is 33.1 Å². The molecule has 1 amide bonds. The summed E-state index contributed by atoms with van der Waals surface area (Å²) in [6.45, 7) is 1.82. The van der Waals surface area contributed by atoms with Gasteiger partial charge in [-0.2, -0.15) is 0 Å². The fraction of sp³-hybridized carbons (Fsp3) is 0.0385. The van der Waals surface area contributed by atoms with Crippen LogP contribution in [0.2, 0.25) is 0 Å². The van der Waals surface area contributed by atoms with Crippen molar-refractivity contribution in [3.8, 4) is 17.1 Å². The van der Waals surface area contributed by atoms with Gasteiger partial charge in [-0.3, -0.25) is 4.79 Å². The molecule has 0 saturated carbocycles. The lowest BCUT2D eigenvalue weighted by Crippen LogP contribution is -2.15. The van der Waals surface area contributed by atoms with Crippen molar-refractivity contribution in [3.63, 3.8) is 0 Å². The Morgan fingerprint density at radius 1 is 1.03 bits per heavy atom. The van der Waals surface area contributed by atoms with Crippen molar-refractivity contribution in [1.82, 2.24) is 19.5 Å². The lowest BCUT2D eigenvalue weighted by molar-refractivity contribution is 0.0995. The molecule has 160 valence electrons. The zero-order valence-electron chi connectivity index (χ0n) is 17.6. The number of imidazole rings is 1. The van der Waals surface area contributed by atoms with E-state index in [-0.39, 0.29) is 11.5 Å². The predicted octanol–water partition coefficient (Wildman–Crippen LogP) is 5.27. The molecule has 0 aliphatic rings. The van der Waals surface area contributed by atoms with Gasteiger partial charge in [0.1, 0.15) is 17.3 Å². The number of halogens is 1. The summed E-state index contributed by atoms with van der Waals surface area (Å²) in [5.41, 5.74) is 11.5. The first-order chi connectivity index (χ1) is 16.0. The minimum absolute atomic E-state index is 0.259. The summed E-state index contributed by atoms with van der Waals surface area (Å²) in [7, 11) is 0. The lowest BCUT2D eigenvalue weighted by atomic mass is 10.1. The molecule has 3 aromatic heterocycles. The van der Waals surface area contributed by atoms with E-state index < -0.39 is 5.91 Å². The van der Waals surface area contributed by atoms with Crippen molar-refractivity contribution in [1.29, 1.82) is 0 Å². The van der Waals surface area contributed by atoms with Crippen molar-refractivity contribution in [2.75, 3.05) is 0 Å². The van der Waals surface area contributed by atoms with E-state index in [1.807, 2.05) is 49.4 Å². The number of primary amides is 1. The Kier molecular flexibility index (Phi) is 4.07. The molecule has 6 aromatic rings. The summed E-state index contributed by atoms with van der Waals surface area (Å²) in [5, 5.41) is 2.07. The van der Waals surface area contributed by atoms with Gasteiger partial charge in [-0.25, -0.2) is 14.4 Å². The third-order valence-corrected chi connectivity index (χ3v) is 5.95. The van der Waals surface area contributed by atoms with Gasteiger partial charge in [0, 0.05) is 16.3 Å². The highest BCUT2D eigenvalue weighted by Crippen LogP contribution is 2.38. The average molecular weight is 435 g/mol. The molecule has 0 atom stereocenters. The molecule has 0 spiro atoms. The van der Waals surface area contributed by atoms with Gasteiger partial charge in [-0.1, -0.05) is 30.3 Å². The Morgan fingerprint density at radius 3 is 2.67 bits per heavy atom. The molecule has 0 bridgehead atoms. The number of aryl methyl sites for hydroxylation is 1. The topological polar surface area (TPSA) is 89.6 Å². The molecule has 7 heteroatoms. The van der Waals surface area contributed by atoms with Gasteiger partial charge in [0.15, 0.2) is 0 Å². The molecular weight excluding hydrogens is 417 g/mol. The van der Waals surface area contributed by atoms with Gasteiger partial charge in [-0.05, 0) is 48.9 Å². The van der Waals surface area contributed by atoms with Crippen LogP contribution in [0.3, 0.4) is 0 Å². The number of nitrogens with two attached hydrogens (primary N) is 1. The van der Waals surface area contributed by atoms with E-state index >= 15 is 0 Å². The van der Waals surface area contributed by atoms with E-state index in [0.29, 0.717) is 22.4 Å². The number of carbonyl (C=O) groups is 1. The highest BCUT2D eigenvalue weighted by atomic mass is 19.1. The number of carbonyl (C=O) groups excluding carboxylic acids is 1. The highest BCUT2D eigenvalue weighted by Gasteiger charge is 2.18. The monoisotopic (exact) mass is 435 g/mol. The number of aromatic amines is 1. The number of para-hydroxylation sites is 1. The summed E-state index contributed by atoms with van der Waals surface area (Å²) in [4.78, 5) is 24.0. The quantitative estimate of drug-likeness (QED) is 0.397. The van der Waals surface area contributed by atoms with Gasteiger partial charge in [0.05, 0.1) is 34.0 Å². The summed E-state index contributed by atoms with van der Waals surface area (Å²) < 4.78 is 15.8. The zero-order valence-corrected chi connectivity index (χ0v) is 17.6. The predicted molar refractivity (Wildman–Crippen MR) is 127 cm³/mol. The number of amides is 1. The fourth-order valence-electron chi connectivity index (χ4n) is 4.54. The van der Waals surface area contributed by atoms with Gasteiger partial charge >= 0.3 is 0 Å². The second kappa shape index (κ2) is 7.00. The number of aromatic nitrogens is 4. The van der Waals surface area contributed by atoms with Gasteiger partial charge in [0.2, 0.25) is 0 Å². The molecule has 6 rings (SSSR count). The first-order valence-corrected chi connectivity index (χ1v) is 10.5. The Morgan fingerprint density at radius 2 is 1.85 bits per heavy atom. The SMILES string of the molecule is Cc1cc(-n2c3ccccc3c3c(-c4nc5ccc(F)cc5[nH]4)cccc32)cnc1C(N)=O. The highest BCUT2D eigenvalue weighted by molar-refractivity contribution is 6.15. The average Bonchev–Trinajstić information content (AvgIpc) is 3.37. The summed E-state index contributed by atoms with van der Waals surface area (Å²) in [6, 6.07) is 20.6. The second-order valence-electron chi connectivity index (χ2n) is 8.02. The number of nitrogens with one attached hydrogen (secondary N) is 1. The van der Waals surface area contributed by atoms with Gasteiger partial charge in [-0.15, -0.1) is 0 Å². The number of hydrogen-bond acceptors (Lipinski definition) is 3. The fourth-order valence-corrected chi connectivity index (χ4v) is 4.54. The van der Waals surface area contributed by atoms with Crippen LogP contribution in [0.15, 0.2) is 72.9 Å². The van der Waals surface area contributed by atoms with Crippen LogP contribution in [0, 0.1) is 12.7 Å². The number of benzene rings is 3. The largest absolute Gasteiger partial charge is 0.364 e. The van der Waals surface area contributed by atoms with Crippen molar-refractivity contribution in [2.45, 2.75) is 6.92 Å². The minimum atomic E-state index is -0.551. The molecule has 0 saturated heterocycles.